The van der Waals surface area contributed by atoms with Gasteiger partial charge in [-0.15, -0.1) is 0 Å². The Kier molecular flexibility index (Phi) is 7.11. The minimum atomic E-state index is 0.492. The summed E-state index contributed by atoms with van der Waals surface area (Å²) in [5.41, 5.74) is 2.99. The summed E-state index contributed by atoms with van der Waals surface area (Å²) in [6.07, 6.45) is 3.32. The van der Waals surface area contributed by atoms with Crippen LogP contribution in [0.2, 0.25) is 0 Å². The van der Waals surface area contributed by atoms with E-state index in [-0.39, 0.29) is 0 Å². The van der Waals surface area contributed by atoms with Gasteiger partial charge in [0.15, 0.2) is 0 Å². The van der Waals surface area contributed by atoms with Gasteiger partial charge in [0.2, 0.25) is 0 Å². The Bertz CT molecular complexity index is 444. The summed E-state index contributed by atoms with van der Waals surface area (Å²) in [5.74, 6) is 0. The van der Waals surface area contributed by atoms with Crippen molar-refractivity contribution in [2.75, 3.05) is 18.5 Å². The Balaban J connectivity index is 2.90. The zero-order valence-corrected chi connectivity index (χ0v) is 13.2. The maximum atomic E-state index is 9.39. The average molecular weight is 273 g/mol. The normalized spacial score (nSPS) is 10.6. The maximum Gasteiger partial charge on any atom is 0.101 e. The summed E-state index contributed by atoms with van der Waals surface area (Å²) in [6, 6.07) is 9.05. The maximum absolute atomic E-state index is 9.39. The van der Waals surface area contributed by atoms with Gasteiger partial charge in [0, 0.05) is 19.6 Å². The lowest BCUT2D eigenvalue weighted by molar-refractivity contribution is 0.591. The molecule has 3 heteroatoms. The van der Waals surface area contributed by atoms with E-state index in [1.165, 1.54) is 5.56 Å². The van der Waals surface area contributed by atoms with Gasteiger partial charge in [0.25, 0.3) is 0 Å². The van der Waals surface area contributed by atoms with Crippen LogP contribution in [0.4, 0.5) is 5.69 Å². The van der Waals surface area contributed by atoms with Gasteiger partial charge < -0.3 is 10.2 Å². The van der Waals surface area contributed by atoms with Crippen molar-refractivity contribution in [3.63, 3.8) is 0 Å². The second-order valence-corrected chi connectivity index (χ2v) is 5.22. The number of benzene rings is 1. The lowest BCUT2D eigenvalue weighted by Gasteiger charge is -2.29. The molecule has 1 N–H and O–H groups in total. The van der Waals surface area contributed by atoms with Crippen LogP contribution in [-0.2, 0) is 6.54 Å². The van der Waals surface area contributed by atoms with Crippen LogP contribution in [0.5, 0.6) is 0 Å². The fourth-order valence-electron chi connectivity index (χ4n) is 2.53. The molecule has 0 bridgehead atoms. The Hall–Kier alpha value is -1.53. The SMILES string of the molecule is CCCNCc1ccc(N(C)C(CC)CC)c(C#N)c1. The molecule has 0 unspecified atom stereocenters. The molecule has 0 heterocycles. The first kappa shape index (κ1) is 16.5. The standard InChI is InChI=1S/C17H27N3/c1-5-10-19-13-14-8-9-17(15(11-14)12-18)20(4)16(6-2)7-3/h8-9,11,16,19H,5-7,10,13H2,1-4H3. The van der Waals surface area contributed by atoms with Crippen molar-refractivity contribution in [1.82, 2.24) is 5.32 Å². The molecule has 110 valence electrons. The molecule has 0 aliphatic carbocycles. The van der Waals surface area contributed by atoms with E-state index >= 15 is 0 Å². The van der Waals surface area contributed by atoms with Crippen molar-refractivity contribution < 1.29 is 0 Å². The fourth-order valence-corrected chi connectivity index (χ4v) is 2.53. The second kappa shape index (κ2) is 8.60. The van der Waals surface area contributed by atoms with Crippen LogP contribution in [0.1, 0.15) is 51.2 Å². The number of rotatable bonds is 8. The summed E-state index contributed by atoms with van der Waals surface area (Å²) in [5, 5.41) is 12.8. The van der Waals surface area contributed by atoms with Crippen molar-refractivity contribution in [3.05, 3.63) is 29.3 Å². The highest BCUT2D eigenvalue weighted by Crippen LogP contribution is 2.24. The van der Waals surface area contributed by atoms with Crippen LogP contribution in [0, 0.1) is 11.3 Å². The second-order valence-electron chi connectivity index (χ2n) is 5.22. The molecule has 0 aliphatic heterocycles. The molecule has 0 atom stereocenters. The number of nitriles is 1. The van der Waals surface area contributed by atoms with E-state index < -0.39 is 0 Å². The molecule has 0 fully saturated rings. The van der Waals surface area contributed by atoms with Crippen LogP contribution >= 0.6 is 0 Å². The third-order valence-corrected chi connectivity index (χ3v) is 3.81. The number of hydrogen-bond donors (Lipinski definition) is 1. The molecule has 1 rings (SSSR count). The van der Waals surface area contributed by atoms with Gasteiger partial charge in [-0.25, -0.2) is 0 Å². The third kappa shape index (κ3) is 4.25. The molecule has 0 saturated heterocycles. The molecular weight excluding hydrogens is 246 g/mol. The number of anilines is 1. The van der Waals surface area contributed by atoms with E-state index in [9.17, 15) is 5.26 Å². The predicted octanol–water partition coefficient (Wildman–Crippen LogP) is 3.68. The molecular formula is C17H27N3. The van der Waals surface area contributed by atoms with Gasteiger partial charge in [-0.1, -0.05) is 26.8 Å². The third-order valence-electron chi connectivity index (χ3n) is 3.81. The molecule has 1 aromatic rings. The molecule has 0 aromatic heterocycles. The molecule has 3 nitrogen and oxygen atoms in total. The van der Waals surface area contributed by atoms with Crippen molar-refractivity contribution in [1.29, 1.82) is 5.26 Å². The lowest BCUT2D eigenvalue weighted by Crippen LogP contribution is -2.31. The van der Waals surface area contributed by atoms with E-state index in [1.54, 1.807) is 0 Å². The lowest BCUT2D eigenvalue weighted by atomic mass is 10.1. The first-order valence-corrected chi connectivity index (χ1v) is 7.64. The van der Waals surface area contributed by atoms with E-state index in [4.69, 9.17) is 0 Å². The molecule has 0 amide bonds. The number of nitrogens with zero attached hydrogens (tertiary/aromatic N) is 2. The fraction of sp³-hybridized carbons (Fsp3) is 0.588. The number of nitrogens with one attached hydrogen (secondary N) is 1. The van der Waals surface area contributed by atoms with Crippen molar-refractivity contribution >= 4 is 5.69 Å². The van der Waals surface area contributed by atoms with Gasteiger partial charge in [-0.3, -0.25) is 0 Å². The zero-order valence-electron chi connectivity index (χ0n) is 13.2. The summed E-state index contributed by atoms with van der Waals surface area (Å²) >= 11 is 0. The topological polar surface area (TPSA) is 39.1 Å². The highest BCUT2D eigenvalue weighted by molar-refractivity contribution is 5.60. The first-order valence-electron chi connectivity index (χ1n) is 7.64. The van der Waals surface area contributed by atoms with E-state index in [2.05, 4.69) is 56.2 Å². The number of hydrogen-bond acceptors (Lipinski definition) is 3. The summed E-state index contributed by atoms with van der Waals surface area (Å²) in [6.45, 7) is 8.38. The minimum Gasteiger partial charge on any atom is -0.371 e. The Morgan fingerprint density at radius 2 is 1.95 bits per heavy atom. The Morgan fingerprint density at radius 1 is 1.25 bits per heavy atom. The summed E-state index contributed by atoms with van der Waals surface area (Å²) < 4.78 is 0. The smallest absolute Gasteiger partial charge is 0.101 e. The van der Waals surface area contributed by atoms with Gasteiger partial charge in [-0.05, 0) is 43.5 Å². The minimum absolute atomic E-state index is 0.492. The van der Waals surface area contributed by atoms with Gasteiger partial charge in [0.05, 0.1) is 11.3 Å². The summed E-state index contributed by atoms with van der Waals surface area (Å²) in [7, 11) is 2.09. The van der Waals surface area contributed by atoms with Crippen LogP contribution in [-0.4, -0.2) is 19.6 Å². The van der Waals surface area contributed by atoms with E-state index in [0.29, 0.717) is 6.04 Å². The van der Waals surface area contributed by atoms with E-state index in [0.717, 1.165) is 43.6 Å². The average Bonchev–Trinajstić information content (AvgIpc) is 2.48. The molecule has 0 saturated carbocycles. The first-order chi connectivity index (χ1) is 9.67. The monoisotopic (exact) mass is 273 g/mol. The largest absolute Gasteiger partial charge is 0.371 e. The molecule has 1 aromatic carbocycles. The molecule has 20 heavy (non-hydrogen) atoms. The van der Waals surface area contributed by atoms with Crippen molar-refractivity contribution in [2.45, 2.75) is 52.6 Å². The Labute approximate surface area is 123 Å². The van der Waals surface area contributed by atoms with Crippen LogP contribution in [0.15, 0.2) is 18.2 Å². The Morgan fingerprint density at radius 3 is 2.50 bits per heavy atom. The van der Waals surface area contributed by atoms with E-state index in [1.807, 2.05) is 6.07 Å². The molecule has 0 spiro atoms. The highest BCUT2D eigenvalue weighted by Gasteiger charge is 2.14. The highest BCUT2D eigenvalue weighted by atomic mass is 15.1. The van der Waals surface area contributed by atoms with Crippen LogP contribution in [0.25, 0.3) is 0 Å². The van der Waals surface area contributed by atoms with Crippen molar-refractivity contribution in [3.8, 4) is 6.07 Å². The predicted molar refractivity (Wildman–Crippen MR) is 85.9 cm³/mol. The van der Waals surface area contributed by atoms with Gasteiger partial charge in [-0.2, -0.15) is 5.26 Å². The van der Waals surface area contributed by atoms with Crippen LogP contribution in [0.3, 0.4) is 0 Å². The van der Waals surface area contributed by atoms with Crippen molar-refractivity contribution in [2.24, 2.45) is 0 Å². The quantitative estimate of drug-likeness (QED) is 0.734. The molecule has 0 aliphatic rings. The summed E-state index contributed by atoms with van der Waals surface area (Å²) in [4.78, 5) is 2.24. The zero-order chi connectivity index (χ0) is 15.0. The van der Waals surface area contributed by atoms with Gasteiger partial charge in [0.1, 0.15) is 6.07 Å². The molecule has 0 radical (unpaired) electrons. The van der Waals surface area contributed by atoms with Crippen LogP contribution < -0.4 is 10.2 Å². The van der Waals surface area contributed by atoms with Gasteiger partial charge >= 0.3 is 0 Å².